The first kappa shape index (κ1) is 15.0. The Morgan fingerprint density at radius 1 is 1.45 bits per heavy atom. The third-order valence-electron chi connectivity index (χ3n) is 4.05. The normalized spacial score (nSPS) is 18.8. The van der Waals surface area contributed by atoms with Gasteiger partial charge in [-0.05, 0) is 31.4 Å². The van der Waals surface area contributed by atoms with Crippen LogP contribution in [0.15, 0.2) is 24.3 Å². The Bertz CT molecular complexity index is 605. The molecule has 0 aliphatic carbocycles. The van der Waals surface area contributed by atoms with Gasteiger partial charge in [0, 0.05) is 19.7 Å². The minimum absolute atomic E-state index is 0.129. The van der Waals surface area contributed by atoms with Gasteiger partial charge in [-0.15, -0.1) is 0 Å². The van der Waals surface area contributed by atoms with Crippen LogP contribution >= 0.6 is 0 Å². The van der Waals surface area contributed by atoms with E-state index in [0.29, 0.717) is 13.0 Å². The molecule has 1 aromatic carbocycles. The zero-order valence-electron chi connectivity index (χ0n) is 13.0. The average molecular weight is 301 g/mol. The molecule has 22 heavy (non-hydrogen) atoms. The van der Waals surface area contributed by atoms with E-state index >= 15 is 0 Å². The summed E-state index contributed by atoms with van der Waals surface area (Å²) in [4.78, 5) is 22.1. The summed E-state index contributed by atoms with van der Waals surface area (Å²) in [6.07, 6.45) is 3.60. The lowest BCUT2D eigenvalue weighted by Gasteiger charge is -2.32. The number of aromatic amines is 1. The van der Waals surface area contributed by atoms with E-state index in [1.807, 2.05) is 29.2 Å². The summed E-state index contributed by atoms with van der Waals surface area (Å²) in [6.45, 7) is 4.41. The second-order valence-electron chi connectivity index (χ2n) is 5.85. The van der Waals surface area contributed by atoms with E-state index in [1.165, 1.54) is 0 Å². The van der Waals surface area contributed by atoms with Crippen molar-refractivity contribution < 1.29 is 9.53 Å². The van der Waals surface area contributed by atoms with Crippen LogP contribution in [0.2, 0.25) is 0 Å². The van der Waals surface area contributed by atoms with E-state index in [-0.39, 0.29) is 12.0 Å². The summed E-state index contributed by atoms with van der Waals surface area (Å²) in [7, 11) is 0. The van der Waals surface area contributed by atoms with Crippen LogP contribution in [0.1, 0.15) is 32.0 Å². The van der Waals surface area contributed by atoms with Crippen molar-refractivity contribution in [2.24, 2.45) is 0 Å². The van der Waals surface area contributed by atoms with Gasteiger partial charge in [-0.2, -0.15) is 0 Å². The maximum atomic E-state index is 12.5. The Labute approximate surface area is 130 Å². The Morgan fingerprint density at radius 3 is 3.14 bits per heavy atom. The number of nitrogens with zero attached hydrogens (tertiary/aromatic N) is 2. The minimum Gasteiger partial charge on any atom is -0.376 e. The Balaban J connectivity index is 1.61. The van der Waals surface area contributed by atoms with Crippen LogP contribution in [-0.2, 0) is 16.0 Å². The largest absolute Gasteiger partial charge is 0.376 e. The van der Waals surface area contributed by atoms with Crippen molar-refractivity contribution in [1.29, 1.82) is 0 Å². The third-order valence-corrected chi connectivity index (χ3v) is 4.05. The summed E-state index contributed by atoms with van der Waals surface area (Å²) in [5, 5.41) is 0. The molecule has 1 aromatic heterocycles. The molecule has 2 aromatic rings. The zero-order valence-corrected chi connectivity index (χ0v) is 13.0. The molecule has 1 fully saturated rings. The number of hydrogen-bond acceptors (Lipinski definition) is 3. The number of imidazole rings is 1. The van der Waals surface area contributed by atoms with Crippen molar-refractivity contribution in [2.75, 3.05) is 19.7 Å². The topological polar surface area (TPSA) is 58.2 Å². The molecular formula is C17H23N3O2. The molecule has 3 rings (SSSR count). The first-order valence-corrected chi connectivity index (χ1v) is 8.09. The highest BCUT2D eigenvalue weighted by atomic mass is 16.5. The predicted molar refractivity (Wildman–Crippen MR) is 85.6 cm³/mol. The number of carbonyl (C=O) groups excluding carboxylic acids is 1. The van der Waals surface area contributed by atoms with E-state index in [1.54, 1.807) is 0 Å². The van der Waals surface area contributed by atoms with Gasteiger partial charge in [-0.1, -0.05) is 19.1 Å². The van der Waals surface area contributed by atoms with Crippen LogP contribution in [0.5, 0.6) is 0 Å². The van der Waals surface area contributed by atoms with Crippen molar-refractivity contribution in [3.63, 3.8) is 0 Å². The van der Waals surface area contributed by atoms with Gasteiger partial charge in [0.1, 0.15) is 5.82 Å². The molecule has 1 saturated heterocycles. The van der Waals surface area contributed by atoms with Crippen LogP contribution in [0.25, 0.3) is 11.0 Å². The van der Waals surface area contributed by atoms with Crippen molar-refractivity contribution >= 4 is 16.9 Å². The van der Waals surface area contributed by atoms with Gasteiger partial charge in [0.15, 0.2) is 0 Å². The Kier molecular flexibility index (Phi) is 4.73. The van der Waals surface area contributed by atoms with E-state index in [0.717, 1.165) is 49.3 Å². The molecule has 118 valence electrons. The number of aromatic nitrogens is 2. The van der Waals surface area contributed by atoms with Gasteiger partial charge >= 0.3 is 0 Å². The zero-order chi connectivity index (χ0) is 15.4. The van der Waals surface area contributed by atoms with Crippen LogP contribution in [-0.4, -0.2) is 46.6 Å². The fourth-order valence-electron chi connectivity index (χ4n) is 2.93. The van der Waals surface area contributed by atoms with Gasteiger partial charge in [0.2, 0.25) is 5.91 Å². The van der Waals surface area contributed by atoms with E-state index in [2.05, 4.69) is 16.9 Å². The summed E-state index contributed by atoms with van der Waals surface area (Å²) >= 11 is 0. The van der Waals surface area contributed by atoms with Crippen molar-refractivity contribution in [2.45, 2.75) is 38.7 Å². The molecule has 5 heteroatoms. The van der Waals surface area contributed by atoms with Crippen LogP contribution in [0.3, 0.4) is 0 Å². The first-order valence-electron chi connectivity index (χ1n) is 8.09. The first-order chi connectivity index (χ1) is 10.8. The van der Waals surface area contributed by atoms with Crippen LogP contribution in [0.4, 0.5) is 0 Å². The van der Waals surface area contributed by atoms with Crippen molar-refractivity contribution in [3.8, 4) is 0 Å². The molecule has 1 aliphatic heterocycles. The molecule has 0 saturated carbocycles. The number of para-hydroxylation sites is 2. The molecule has 2 heterocycles. The Morgan fingerprint density at radius 2 is 2.32 bits per heavy atom. The standard InChI is InChI=1S/C17H23N3O2/c1-2-10-22-13-6-5-9-20(12-13)17(21)11-16-18-14-7-3-4-8-15(14)19-16/h3-4,7-8,13H,2,5-6,9-12H2,1H3,(H,18,19). The van der Waals surface area contributed by atoms with Crippen LogP contribution < -0.4 is 0 Å². The third kappa shape index (κ3) is 3.47. The highest BCUT2D eigenvalue weighted by Crippen LogP contribution is 2.16. The molecule has 1 unspecified atom stereocenters. The number of likely N-dealkylation sites (tertiary alicyclic amines) is 1. The number of nitrogens with one attached hydrogen (secondary N) is 1. The number of H-pyrrole nitrogens is 1. The van der Waals surface area contributed by atoms with E-state index in [4.69, 9.17) is 4.74 Å². The quantitative estimate of drug-likeness (QED) is 0.923. The number of rotatable bonds is 5. The number of amides is 1. The molecule has 0 spiro atoms. The summed E-state index contributed by atoms with van der Waals surface area (Å²) in [5.41, 5.74) is 1.89. The number of carbonyl (C=O) groups is 1. The lowest BCUT2D eigenvalue weighted by Crippen LogP contribution is -2.44. The SMILES string of the molecule is CCCOC1CCCN(C(=O)Cc2nc3ccccc3[nH]2)C1. The lowest BCUT2D eigenvalue weighted by molar-refractivity contribution is -0.134. The number of piperidine rings is 1. The highest BCUT2D eigenvalue weighted by molar-refractivity contribution is 5.80. The van der Waals surface area contributed by atoms with Gasteiger partial charge in [-0.25, -0.2) is 4.98 Å². The summed E-state index contributed by atoms with van der Waals surface area (Å²) in [6, 6.07) is 7.85. The summed E-state index contributed by atoms with van der Waals surface area (Å²) in [5.74, 6) is 0.867. The maximum absolute atomic E-state index is 12.5. The molecule has 1 atom stereocenters. The number of fused-ring (bicyclic) bond motifs is 1. The highest BCUT2D eigenvalue weighted by Gasteiger charge is 2.24. The van der Waals surface area contributed by atoms with E-state index < -0.39 is 0 Å². The predicted octanol–water partition coefficient (Wildman–Crippen LogP) is 2.52. The molecule has 1 N–H and O–H groups in total. The van der Waals surface area contributed by atoms with Gasteiger partial charge in [0.05, 0.1) is 23.6 Å². The maximum Gasteiger partial charge on any atom is 0.230 e. The number of ether oxygens (including phenoxy) is 1. The monoisotopic (exact) mass is 301 g/mol. The Hall–Kier alpha value is -1.88. The molecule has 5 nitrogen and oxygen atoms in total. The second kappa shape index (κ2) is 6.92. The molecule has 1 amide bonds. The molecule has 0 bridgehead atoms. The van der Waals surface area contributed by atoms with Gasteiger partial charge in [-0.3, -0.25) is 4.79 Å². The molecule has 0 radical (unpaired) electrons. The smallest absolute Gasteiger partial charge is 0.230 e. The minimum atomic E-state index is 0.129. The lowest BCUT2D eigenvalue weighted by atomic mass is 10.1. The molecular weight excluding hydrogens is 278 g/mol. The number of hydrogen-bond donors (Lipinski definition) is 1. The van der Waals surface area contributed by atoms with Gasteiger partial charge < -0.3 is 14.6 Å². The summed E-state index contributed by atoms with van der Waals surface area (Å²) < 4.78 is 5.79. The molecule has 1 aliphatic rings. The fourth-order valence-corrected chi connectivity index (χ4v) is 2.93. The second-order valence-corrected chi connectivity index (χ2v) is 5.85. The van der Waals surface area contributed by atoms with Crippen molar-refractivity contribution in [3.05, 3.63) is 30.1 Å². The van der Waals surface area contributed by atoms with Crippen LogP contribution in [0, 0.1) is 0 Å². The fraction of sp³-hybridized carbons (Fsp3) is 0.529. The van der Waals surface area contributed by atoms with Crippen molar-refractivity contribution in [1.82, 2.24) is 14.9 Å². The number of benzene rings is 1. The van der Waals surface area contributed by atoms with Gasteiger partial charge in [0.25, 0.3) is 0 Å². The van der Waals surface area contributed by atoms with E-state index in [9.17, 15) is 4.79 Å². The average Bonchev–Trinajstić information content (AvgIpc) is 2.95.